The lowest BCUT2D eigenvalue weighted by Gasteiger charge is -2.37. The van der Waals surface area contributed by atoms with Crippen LogP contribution in [0, 0.1) is 0 Å². The quantitative estimate of drug-likeness (QED) is 0.475. The number of anilines is 2. The van der Waals surface area contributed by atoms with Gasteiger partial charge in [-0.3, -0.25) is 0 Å². The van der Waals surface area contributed by atoms with Crippen molar-refractivity contribution >= 4 is 28.5 Å². The molecule has 9 nitrogen and oxygen atoms in total. The number of amides is 1. The first-order valence-electron chi connectivity index (χ1n) is 12.2. The van der Waals surface area contributed by atoms with E-state index in [2.05, 4.69) is 25.6 Å². The van der Waals surface area contributed by atoms with Crippen LogP contribution in [0.1, 0.15) is 44.9 Å². The van der Waals surface area contributed by atoms with Gasteiger partial charge in [0.05, 0.1) is 24.1 Å². The molecule has 0 aliphatic carbocycles. The van der Waals surface area contributed by atoms with E-state index in [0.29, 0.717) is 54.2 Å². The average Bonchev–Trinajstić information content (AvgIpc) is 2.87. The molecule has 12 heteroatoms. The van der Waals surface area contributed by atoms with Crippen LogP contribution in [-0.4, -0.2) is 65.3 Å². The van der Waals surface area contributed by atoms with Gasteiger partial charge in [0.2, 0.25) is 0 Å². The Morgan fingerprint density at radius 2 is 1.76 bits per heavy atom. The molecule has 0 radical (unpaired) electrons. The van der Waals surface area contributed by atoms with E-state index < -0.39 is 23.4 Å². The van der Waals surface area contributed by atoms with Crippen LogP contribution in [0.4, 0.5) is 29.5 Å². The van der Waals surface area contributed by atoms with Crippen molar-refractivity contribution in [1.82, 2.24) is 20.3 Å². The summed E-state index contributed by atoms with van der Waals surface area (Å²) in [4.78, 5) is 16.2. The minimum atomic E-state index is -4.44. The zero-order valence-electron chi connectivity index (χ0n) is 22.0. The number of halogens is 3. The zero-order valence-corrected chi connectivity index (χ0v) is 22.0. The van der Waals surface area contributed by atoms with E-state index in [9.17, 15) is 18.0 Å². The normalized spacial score (nSPS) is 15.4. The smallest absolute Gasteiger partial charge is 0.416 e. The van der Waals surface area contributed by atoms with Gasteiger partial charge in [-0.25, -0.2) is 4.79 Å². The second kappa shape index (κ2) is 10.5. The largest absolute Gasteiger partial charge is 0.494 e. The molecule has 1 fully saturated rings. The first-order valence-corrected chi connectivity index (χ1v) is 12.2. The molecule has 1 aliphatic heterocycles. The van der Waals surface area contributed by atoms with Gasteiger partial charge in [-0.1, -0.05) is 12.1 Å². The Kier molecular flexibility index (Phi) is 7.52. The lowest BCUT2D eigenvalue weighted by molar-refractivity contribution is -0.137. The summed E-state index contributed by atoms with van der Waals surface area (Å²) in [5.74, 6) is 0.851. The zero-order chi connectivity index (χ0) is 27.7. The monoisotopic (exact) mass is 532 g/mol. The minimum Gasteiger partial charge on any atom is -0.494 e. The molecule has 0 unspecified atom stereocenters. The van der Waals surface area contributed by atoms with Crippen LogP contribution in [0.3, 0.4) is 0 Å². The van der Waals surface area contributed by atoms with Gasteiger partial charge in [0, 0.05) is 37.9 Å². The third-order valence-electron chi connectivity index (χ3n) is 6.19. The van der Waals surface area contributed by atoms with E-state index in [4.69, 9.17) is 9.47 Å². The van der Waals surface area contributed by atoms with Crippen molar-refractivity contribution in [2.75, 3.05) is 43.5 Å². The topological polar surface area (TPSA) is 92.7 Å². The molecular formula is C26H31F3N6O3. The first-order chi connectivity index (χ1) is 17.9. The fourth-order valence-corrected chi connectivity index (χ4v) is 4.23. The molecule has 1 N–H and O–H groups in total. The van der Waals surface area contributed by atoms with Crippen LogP contribution in [0.25, 0.3) is 10.9 Å². The Balaban J connectivity index is 1.58. The van der Waals surface area contributed by atoms with Crippen LogP contribution in [0.5, 0.6) is 5.75 Å². The Bertz CT molecular complexity index is 1300. The highest BCUT2D eigenvalue weighted by Crippen LogP contribution is 2.35. The molecule has 1 aromatic heterocycles. The van der Waals surface area contributed by atoms with Gasteiger partial charge in [0.25, 0.3) is 0 Å². The third-order valence-corrected chi connectivity index (χ3v) is 6.19. The van der Waals surface area contributed by atoms with Crippen LogP contribution in [0.15, 0.2) is 36.4 Å². The number of hydrogen-bond donors (Lipinski definition) is 1. The number of nitrogens with zero attached hydrogens (tertiary/aromatic N) is 5. The first kappa shape index (κ1) is 27.2. The predicted octanol–water partition coefficient (Wildman–Crippen LogP) is 5.28. The Labute approximate surface area is 218 Å². The molecule has 0 spiro atoms. The number of rotatable bonds is 5. The summed E-state index contributed by atoms with van der Waals surface area (Å²) in [6.07, 6.45) is -4.78. The number of fused-ring (bicyclic) bond motifs is 1. The van der Waals surface area contributed by atoms with Gasteiger partial charge in [-0.15, -0.1) is 10.2 Å². The van der Waals surface area contributed by atoms with Gasteiger partial charge in [0.15, 0.2) is 5.82 Å². The number of nitrogens with one attached hydrogen (secondary N) is 1. The molecule has 1 aliphatic rings. The second-order valence-corrected chi connectivity index (χ2v) is 10.1. The summed E-state index contributed by atoms with van der Waals surface area (Å²) < 4.78 is 50.7. The lowest BCUT2D eigenvalue weighted by Crippen LogP contribution is -2.50. The fraction of sp³-hybridized carbons (Fsp3) is 0.462. The van der Waals surface area contributed by atoms with E-state index in [0.717, 1.165) is 17.8 Å². The standard InChI is InChI=1S/C26H31F3N6O3/c1-16(17-7-6-8-18(13-17)26(27,28)29)30-23-20-14-19(15-21(37-5)22(20)31-33-32-23)34-9-11-35(12-10-34)24(36)38-25(2,3)4/h6-8,13-16H,9-12H2,1-5H3,(H,30,31,32)/t16-/m1/s1. The molecular weight excluding hydrogens is 501 g/mol. The number of piperazine rings is 1. The van der Waals surface area contributed by atoms with Crippen LogP contribution in [0.2, 0.25) is 0 Å². The third kappa shape index (κ3) is 6.17. The Morgan fingerprint density at radius 1 is 1.05 bits per heavy atom. The summed E-state index contributed by atoms with van der Waals surface area (Å²) in [6, 6.07) is 8.40. The fourth-order valence-electron chi connectivity index (χ4n) is 4.23. The summed E-state index contributed by atoms with van der Waals surface area (Å²) in [6.45, 7) is 9.36. The van der Waals surface area contributed by atoms with Crippen molar-refractivity contribution in [2.45, 2.75) is 45.5 Å². The van der Waals surface area contributed by atoms with E-state index >= 15 is 0 Å². The van der Waals surface area contributed by atoms with Crippen molar-refractivity contribution < 1.29 is 27.4 Å². The Morgan fingerprint density at radius 3 is 2.39 bits per heavy atom. The highest BCUT2D eigenvalue weighted by Gasteiger charge is 2.31. The number of carbonyl (C=O) groups is 1. The maximum Gasteiger partial charge on any atom is 0.416 e. The molecule has 1 saturated heterocycles. The van der Waals surface area contributed by atoms with E-state index in [-0.39, 0.29) is 6.09 Å². The molecule has 3 aromatic rings. The molecule has 1 amide bonds. The molecule has 2 heterocycles. The second-order valence-electron chi connectivity index (χ2n) is 10.1. The SMILES string of the molecule is COc1cc(N2CCN(C(=O)OC(C)(C)C)CC2)cc2c(N[C@H](C)c3cccc(C(F)(F)F)c3)nnnc12. The Hall–Kier alpha value is -3.83. The molecule has 38 heavy (non-hydrogen) atoms. The molecule has 204 valence electrons. The van der Waals surface area contributed by atoms with Gasteiger partial charge in [-0.2, -0.15) is 13.2 Å². The van der Waals surface area contributed by atoms with Crippen molar-refractivity contribution in [3.63, 3.8) is 0 Å². The summed E-state index contributed by atoms with van der Waals surface area (Å²) in [5.41, 5.74) is 0.472. The van der Waals surface area contributed by atoms with Crippen LogP contribution < -0.4 is 15.0 Å². The molecule has 0 saturated carbocycles. The number of alkyl halides is 3. The molecule has 4 rings (SSSR count). The average molecular weight is 533 g/mol. The number of aromatic nitrogens is 3. The lowest BCUT2D eigenvalue weighted by atomic mass is 10.0. The van der Waals surface area contributed by atoms with Crippen LogP contribution >= 0.6 is 0 Å². The van der Waals surface area contributed by atoms with E-state index in [1.165, 1.54) is 13.2 Å². The number of ether oxygens (including phenoxy) is 2. The van der Waals surface area contributed by atoms with Crippen molar-refractivity contribution in [3.05, 3.63) is 47.5 Å². The van der Waals surface area contributed by atoms with Gasteiger partial charge in [0.1, 0.15) is 16.9 Å². The van der Waals surface area contributed by atoms with Gasteiger partial charge in [-0.05, 0) is 56.7 Å². The van der Waals surface area contributed by atoms with Crippen molar-refractivity contribution in [2.24, 2.45) is 0 Å². The summed E-state index contributed by atoms with van der Waals surface area (Å²) in [5, 5.41) is 15.9. The maximum atomic E-state index is 13.2. The minimum absolute atomic E-state index is 0.345. The number of hydrogen-bond acceptors (Lipinski definition) is 8. The highest BCUT2D eigenvalue weighted by molar-refractivity contribution is 5.95. The summed E-state index contributed by atoms with van der Waals surface area (Å²) in [7, 11) is 1.53. The molecule has 0 bridgehead atoms. The van der Waals surface area contributed by atoms with Gasteiger partial charge >= 0.3 is 12.3 Å². The number of methoxy groups -OCH3 is 1. The van der Waals surface area contributed by atoms with Crippen molar-refractivity contribution in [1.29, 1.82) is 0 Å². The highest BCUT2D eigenvalue weighted by atomic mass is 19.4. The van der Waals surface area contributed by atoms with Gasteiger partial charge < -0.3 is 24.6 Å². The summed E-state index contributed by atoms with van der Waals surface area (Å²) >= 11 is 0. The molecule has 2 aromatic carbocycles. The number of benzene rings is 2. The van der Waals surface area contributed by atoms with E-state index in [1.54, 1.807) is 17.9 Å². The van der Waals surface area contributed by atoms with E-state index in [1.807, 2.05) is 32.9 Å². The predicted molar refractivity (Wildman–Crippen MR) is 137 cm³/mol. The maximum absolute atomic E-state index is 13.2. The molecule has 1 atom stereocenters. The number of carbonyl (C=O) groups excluding carboxylic acids is 1. The van der Waals surface area contributed by atoms with Crippen molar-refractivity contribution in [3.8, 4) is 5.75 Å². The van der Waals surface area contributed by atoms with Crippen LogP contribution in [-0.2, 0) is 10.9 Å².